The fourth-order valence-electron chi connectivity index (χ4n) is 2.93. The molecule has 2 aromatic rings. The Bertz CT molecular complexity index is 549. The van der Waals surface area contributed by atoms with Gasteiger partial charge in [-0.15, -0.1) is 0 Å². The molecule has 4 heteroatoms. The minimum Gasteiger partial charge on any atom is -0.482 e. The van der Waals surface area contributed by atoms with Gasteiger partial charge in [0.15, 0.2) is 5.88 Å². The number of rotatable bonds is 3. The van der Waals surface area contributed by atoms with Crippen molar-refractivity contribution in [2.45, 2.75) is 25.8 Å². The van der Waals surface area contributed by atoms with Gasteiger partial charge in [0.05, 0.1) is 24.9 Å². The first-order valence-corrected chi connectivity index (χ1v) is 6.59. The van der Waals surface area contributed by atoms with Crippen LogP contribution in [-0.4, -0.2) is 34.5 Å². The molecule has 0 saturated carbocycles. The molecule has 18 heavy (non-hydrogen) atoms. The van der Waals surface area contributed by atoms with E-state index in [-0.39, 0.29) is 0 Å². The van der Waals surface area contributed by atoms with Gasteiger partial charge in [-0.3, -0.25) is 9.30 Å². The Labute approximate surface area is 107 Å². The fourth-order valence-corrected chi connectivity index (χ4v) is 2.93. The lowest BCUT2D eigenvalue weighted by Gasteiger charge is -2.22. The van der Waals surface area contributed by atoms with Gasteiger partial charge in [0, 0.05) is 0 Å². The monoisotopic (exact) mass is 245 g/mol. The Balaban J connectivity index is 2.11. The molecule has 0 aliphatic carbocycles. The maximum absolute atomic E-state index is 5.46. The van der Waals surface area contributed by atoms with E-state index in [2.05, 4.69) is 27.3 Å². The molecule has 3 rings (SSSR count). The van der Waals surface area contributed by atoms with E-state index in [0.29, 0.717) is 6.04 Å². The van der Waals surface area contributed by atoms with Crippen LogP contribution in [0.2, 0.25) is 0 Å². The lowest BCUT2D eigenvalue weighted by atomic mass is 10.2. The van der Waals surface area contributed by atoms with E-state index in [9.17, 15) is 0 Å². The third kappa shape index (κ3) is 1.68. The minimum absolute atomic E-state index is 0.425. The number of ether oxygens (including phenoxy) is 1. The van der Waals surface area contributed by atoms with E-state index in [0.717, 1.165) is 23.8 Å². The lowest BCUT2D eigenvalue weighted by molar-refractivity contribution is 0.259. The zero-order valence-electron chi connectivity index (χ0n) is 11.0. The summed E-state index contributed by atoms with van der Waals surface area (Å²) in [5, 5.41) is 0. The van der Waals surface area contributed by atoms with Crippen molar-refractivity contribution in [3.05, 3.63) is 30.2 Å². The van der Waals surface area contributed by atoms with Crippen molar-refractivity contribution in [1.29, 1.82) is 0 Å². The second-order valence-electron chi connectivity index (χ2n) is 4.73. The largest absolute Gasteiger partial charge is 0.482 e. The highest BCUT2D eigenvalue weighted by molar-refractivity contribution is 5.49. The Morgan fingerprint density at radius 1 is 1.44 bits per heavy atom. The predicted molar refractivity (Wildman–Crippen MR) is 71.0 cm³/mol. The molecule has 0 amide bonds. The first kappa shape index (κ1) is 11.5. The number of pyridine rings is 1. The zero-order valence-corrected chi connectivity index (χ0v) is 11.0. The number of methoxy groups -OCH3 is 1. The molecule has 0 bridgehead atoms. The van der Waals surface area contributed by atoms with Crippen LogP contribution in [0.3, 0.4) is 0 Å². The van der Waals surface area contributed by atoms with Crippen molar-refractivity contribution < 1.29 is 4.74 Å². The van der Waals surface area contributed by atoms with Gasteiger partial charge in [0.1, 0.15) is 5.82 Å². The number of hydrogen-bond donors (Lipinski definition) is 0. The molecule has 4 nitrogen and oxygen atoms in total. The average Bonchev–Trinajstić information content (AvgIpc) is 3.03. The topological polar surface area (TPSA) is 29.8 Å². The molecule has 96 valence electrons. The Morgan fingerprint density at radius 3 is 3.11 bits per heavy atom. The fraction of sp³-hybridized carbons (Fsp3) is 0.500. The van der Waals surface area contributed by atoms with Gasteiger partial charge < -0.3 is 4.74 Å². The Morgan fingerprint density at radius 2 is 2.33 bits per heavy atom. The van der Waals surface area contributed by atoms with Crippen LogP contribution >= 0.6 is 0 Å². The number of hydrogen-bond acceptors (Lipinski definition) is 3. The van der Waals surface area contributed by atoms with Crippen LogP contribution in [0.1, 0.15) is 31.6 Å². The van der Waals surface area contributed by atoms with Gasteiger partial charge in [0.2, 0.25) is 0 Å². The van der Waals surface area contributed by atoms with Crippen LogP contribution in [0.5, 0.6) is 5.88 Å². The molecule has 1 saturated heterocycles. The second-order valence-corrected chi connectivity index (χ2v) is 4.73. The van der Waals surface area contributed by atoms with Crippen LogP contribution in [-0.2, 0) is 0 Å². The SMILES string of the molecule is CCN1CCCC1c1ncc2cccc(OC)n12. The van der Waals surface area contributed by atoms with Crippen molar-refractivity contribution in [2.75, 3.05) is 20.2 Å². The molecule has 0 spiro atoms. The molecule has 0 N–H and O–H groups in total. The highest BCUT2D eigenvalue weighted by Gasteiger charge is 2.28. The van der Waals surface area contributed by atoms with Gasteiger partial charge in [-0.25, -0.2) is 4.98 Å². The van der Waals surface area contributed by atoms with Crippen molar-refractivity contribution >= 4 is 5.52 Å². The second kappa shape index (κ2) is 4.61. The van der Waals surface area contributed by atoms with E-state index in [1.54, 1.807) is 7.11 Å². The smallest absolute Gasteiger partial charge is 0.199 e. The maximum Gasteiger partial charge on any atom is 0.199 e. The molecule has 1 unspecified atom stereocenters. The molecule has 0 radical (unpaired) electrons. The van der Waals surface area contributed by atoms with E-state index in [1.165, 1.54) is 19.4 Å². The van der Waals surface area contributed by atoms with Crippen LogP contribution < -0.4 is 4.74 Å². The summed E-state index contributed by atoms with van der Waals surface area (Å²) in [7, 11) is 1.71. The number of likely N-dealkylation sites (tertiary alicyclic amines) is 1. The molecular weight excluding hydrogens is 226 g/mol. The van der Waals surface area contributed by atoms with E-state index in [1.807, 2.05) is 18.3 Å². The highest BCUT2D eigenvalue weighted by Crippen LogP contribution is 2.32. The Hall–Kier alpha value is -1.55. The van der Waals surface area contributed by atoms with Gasteiger partial charge in [-0.2, -0.15) is 0 Å². The lowest BCUT2D eigenvalue weighted by Crippen LogP contribution is -2.24. The van der Waals surface area contributed by atoms with E-state index >= 15 is 0 Å². The first-order valence-electron chi connectivity index (χ1n) is 6.59. The molecule has 1 aliphatic heterocycles. The molecule has 1 aliphatic rings. The average molecular weight is 245 g/mol. The van der Waals surface area contributed by atoms with Crippen LogP contribution in [0, 0.1) is 0 Å². The quantitative estimate of drug-likeness (QED) is 0.832. The van der Waals surface area contributed by atoms with Crippen molar-refractivity contribution in [3.8, 4) is 5.88 Å². The summed E-state index contributed by atoms with van der Waals surface area (Å²) in [5.74, 6) is 1.98. The van der Waals surface area contributed by atoms with Crippen LogP contribution in [0.25, 0.3) is 5.52 Å². The summed E-state index contributed by atoms with van der Waals surface area (Å²) in [5.41, 5.74) is 1.10. The van der Waals surface area contributed by atoms with E-state index in [4.69, 9.17) is 4.74 Å². The Kier molecular flexibility index (Phi) is 2.96. The predicted octanol–water partition coefficient (Wildman–Crippen LogP) is 2.50. The highest BCUT2D eigenvalue weighted by atomic mass is 16.5. The molecular formula is C14H19N3O. The van der Waals surface area contributed by atoms with Gasteiger partial charge >= 0.3 is 0 Å². The van der Waals surface area contributed by atoms with E-state index < -0.39 is 0 Å². The summed E-state index contributed by atoms with van der Waals surface area (Å²) in [4.78, 5) is 7.11. The number of fused-ring (bicyclic) bond motifs is 1. The molecule has 0 aromatic carbocycles. The molecule has 1 fully saturated rings. The normalized spacial score (nSPS) is 20.7. The molecule has 3 heterocycles. The van der Waals surface area contributed by atoms with Crippen LogP contribution in [0.4, 0.5) is 0 Å². The molecule has 1 atom stereocenters. The van der Waals surface area contributed by atoms with Crippen molar-refractivity contribution in [3.63, 3.8) is 0 Å². The third-order valence-electron chi connectivity index (χ3n) is 3.82. The van der Waals surface area contributed by atoms with Crippen LogP contribution in [0.15, 0.2) is 24.4 Å². The van der Waals surface area contributed by atoms with Gasteiger partial charge in [-0.1, -0.05) is 13.0 Å². The number of aromatic nitrogens is 2. The maximum atomic E-state index is 5.46. The zero-order chi connectivity index (χ0) is 12.5. The summed E-state index contributed by atoms with van der Waals surface area (Å²) in [6.07, 6.45) is 4.37. The van der Waals surface area contributed by atoms with Crippen molar-refractivity contribution in [1.82, 2.24) is 14.3 Å². The summed E-state index contributed by atoms with van der Waals surface area (Å²) < 4.78 is 7.60. The minimum atomic E-state index is 0.425. The summed E-state index contributed by atoms with van der Waals surface area (Å²) in [6, 6.07) is 6.49. The van der Waals surface area contributed by atoms with Gasteiger partial charge in [-0.05, 0) is 38.1 Å². The van der Waals surface area contributed by atoms with Gasteiger partial charge in [0.25, 0.3) is 0 Å². The summed E-state index contributed by atoms with van der Waals surface area (Å²) >= 11 is 0. The summed E-state index contributed by atoms with van der Waals surface area (Å²) in [6.45, 7) is 4.46. The molecule has 2 aromatic heterocycles. The number of imidazole rings is 1. The first-order chi connectivity index (χ1) is 8.85. The third-order valence-corrected chi connectivity index (χ3v) is 3.82. The number of nitrogens with zero attached hydrogens (tertiary/aromatic N) is 3. The standard InChI is InChI=1S/C14H19N3O/c1-3-16-9-5-7-12(16)14-15-10-11-6-4-8-13(18-2)17(11)14/h4,6,8,10,12H,3,5,7,9H2,1-2H3. The van der Waals surface area contributed by atoms with Crippen molar-refractivity contribution in [2.24, 2.45) is 0 Å².